The summed E-state index contributed by atoms with van der Waals surface area (Å²) in [6.45, 7) is 7.96. The number of carbonyl (C=O) groups excluding carboxylic acids is 1. The van der Waals surface area contributed by atoms with E-state index < -0.39 is 0 Å². The van der Waals surface area contributed by atoms with Gasteiger partial charge in [0.15, 0.2) is 0 Å². The Balaban J connectivity index is 3.44. The Kier molecular flexibility index (Phi) is 12.8. The topological polar surface area (TPSA) is 26.3 Å². The lowest BCUT2D eigenvalue weighted by Crippen LogP contribution is -1.89. The van der Waals surface area contributed by atoms with Crippen LogP contribution < -0.4 is 0 Å². The monoisotopic (exact) mass is 292 g/mol. The quantitative estimate of drug-likeness (QED) is 0.199. The summed E-state index contributed by atoms with van der Waals surface area (Å²) in [5.74, 6) is -0.252. The summed E-state index contributed by atoms with van der Waals surface area (Å²) in [7, 11) is 0. The van der Waals surface area contributed by atoms with Crippen molar-refractivity contribution in [3.8, 4) is 0 Å². The summed E-state index contributed by atoms with van der Waals surface area (Å²) < 4.78 is 4.73. The van der Waals surface area contributed by atoms with Gasteiger partial charge in [0.1, 0.15) is 0 Å². The van der Waals surface area contributed by atoms with E-state index >= 15 is 0 Å². The van der Waals surface area contributed by atoms with Gasteiger partial charge in [0, 0.05) is 6.92 Å². The lowest BCUT2D eigenvalue weighted by molar-refractivity contribution is -0.135. The lowest BCUT2D eigenvalue weighted by atomic mass is 10.1. The average molecular weight is 292 g/mol. The van der Waals surface area contributed by atoms with Gasteiger partial charge in [-0.25, -0.2) is 0 Å². The van der Waals surface area contributed by atoms with Crippen LogP contribution in [0.25, 0.3) is 0 Å². The van der Waals surface area contributed by atoms with E-state index in [0.717, 1.165) is 6.42 Å². The molecule has 21 heavy (non-hydrogen) atoms. The largest absolute Gasteiger partial charge is 0.435 e. The predicted octanol–water partition coefficient (Wildman–Crippen LogP) is 6.10. The number of rotatable bonds is 11. The number of unbranched alkanes of at least 4 members (excludes halogenated alkanes) is 5. The van der Waals surface area contributed by atoms with Crippen LogP contribution in [0.15, 0.2) is 35.6 Å². The zero-order valence-corrected chi connectivity index (χ0v) is 14.3. The summed E-state index contributed by atoms with van der Waals surface area (Å²) in [5.41, 5.74) is 2.92. The highest BCUT2D eigenvalue weighted by molar-refractivity contribution is 5.66. The number of hydrogen-bond donors (Lipinski definition) is 0. The Hall–Kier alpha value is -1.31. The minimum atomic E-state index is -0.252. The molecule has 2 nitrogen and oxygen atoms in total. The van der Waals surface area contributed by atoms with Gasteiger partial charge in [-0.15, -0.1) is 0 Å². The van der Waals surface area contributed by atoms with Gasteiger partial charge in [-0.3, -0.25) is 4.79 Å². The minimum Gasteiger partial charge on any atom is -0.435 e. The molecule has 0 rings (SSSR count). The van der Waals surface area contributed by atoms with Crippen LogP contribution in [-0.4, -0.2) is 5.97 Å². The van der Waals surface area contributed by atoms with Crippen molar-refractivity contribution in [3.05, 3.63) is 35.6 Å². The predicted molar refractivity (Wildman–Crippen MR) is 91.0 cm³/mol. The van der Waals surface area contributed by atoms with Gasteiger partial charge in [0.2, 0.25) is 0 Å². The smallest absolute Gasteiger partial charge is 0.307 e. The zero-order chi connectivity index (χ0) is 15.9. The number of carbonyl (C=O) groups is 1. The molecule has 0 atom stereocenters. The molecule has 0 unspecified atom stereocenters. The average Bonchev–Trinajstić information content (AvgIpc) is 2.40. The number of esters is 1. The van der Waals surface area contributed by atoms with Crippen LogP contribution in [0, 0.1) is 0 Å². The standard InChI is InChI=1S/C19H32O2/c1-17(2)13-12-15-18(3)14-10-8-6-5-7-9-11-16-21-19(4)20/h11,13-14,16H,5-10,12,15H2,1-4H3/b16-11?,18-14+. The van der Waals surface area contributed by atoms with Crippen molar-refractivity contribution in [2.45, 2.75) is 79.1 Å². The molecule has 120 valence electrons. The summed E-state index contributed by atoms with van der Waals surface area (Å²) in [4.78, 5) is 10.5. The van der Waals surface area contributed by atoms with Crippen LogP contribution in [0.5, 0.6) is 0 Å². The molecule has 0 fully saturated rings. The first-order valence-corrected chi connectivity index (χ1v) is 8.13. The number of hydrogen-bond acceptors (Lipinski definition) is 2. The maximum Gasteiger partial charge on any atom is 0.307 e. The van der Waals surface area contributed by atoms with Crippen molar-refractivity contribution >= 4 is 5.97 Å². The Labute approximate surface area is 131 Å². The first-order chi connectivity index (χ1) is 10.0. The van der Waals surface area contributed by atoms with Gasteiger partial charge in [-0.05, 0) is 65.4 Å². The fourth-order valence-electron chi connectivity index (χ4n) is 2.01. The molecule has 0 aromatic carbocycles. The van der Waals surface area contributed by atoms with Crippen LogP contribution >= 0.6 is 0 Å². The zero-order valence-electron chi connectivity index (χ0n) is 14.3. The third-order valence-corrected chi connectivity index (χ3v) is 3.24. The lowest BCUT2D eigenvalue weighted by Gasteiger charge is -2.00. The molecule has 0 saturated carbocycles. The van der Waals surface area contributed by atoms with E-state index in [1.165, 1.54) is 69.3 Å². The van der Waals surface area contributed by atoms with Crippen molar-refractivity contribution in [1.29, 1.82) is 0 Å². The van der Waals surface area contributed by atoms with Crippen molar-refractivity contribution in [2.75, 3.05) is 0 Å². The highest BCUT2D eigenvalue weighted by Crippen LogP contribution is 2.11. The van der Waals surface area contributed by atoms with Crippen molar-refractivity contribution in [2.24, 2.45) is 0 Å². The van der Waals surface area contributed by atoms with Crippen LogP contribution in [0.3, 0.4) is 0 Å². The molecule has 0 saturated heterocycles. The SMILES string of the molecule is CC(=O)OC=CCCCCCC/C=C(\C)CCC=C(C)C. The third-order valence-electron chi connectivity index (χ3n) is 3.24. The third kappa shape index (κ3) is 16.6. The molecule has 0 aliphatic rings. The molecule has 0 aliphatic heterocycles. The molecule has 0 aromatic rings. The Morgan fingerprint density at radius 3 is 2.14 bits per heavy atom. The van der Waals surface area contributed by atoms with Gasteiger partial charge in [-0.2, -0.15) is 0 Å². The highest BCUT2D eigenvalue weighted by Gasteiger charge is 1.91. The molecule has 0 aromatic heterocycles. The van der Waals surface area contributed by atoms with E-state index in [4.69, 9.17) is 4.74 Å². The van der Waals surface area contributed by atoms with E-state index in [2.05, 4.69) is 32.9 Å². The molecule has 0 amide bonds. The number of allylic oxidation sites excluding steroid dienone is 5. The van der Waals surface area contributed by atoms with Gasteiger partial charge >= 0.3 is 5.97 Å². The van der Waals surface area contributed by atoms with Crippen molar-refractivity contribution < 1.29 is 9.53 Å². The van der Waals surface area contributed by atoms with Gasteiger partial charge in [0.25, 0.3) is 0 Å². The van der Waals surface area contributed by atoms with Crippen molar-refractivity contribution in [1.82, 2.24) is 0 Å². The highest BCUT2D eigenvalue weighted by atomic mass is 16.5. The summed E-state index contributed by atoms with van der Waals surface area (Å²) >= 11 is 0. The van der Waals surface area contributed by atoms with E-state index in [-0.39, 0.29) is 5.97 Å². The molecule has 0 radical (unpaired) electrons. The van der Waals surface area contributed by atoms with Crippen LogP contribution in [0.4, 0.5) is 0 Å². The fourth-order valence-corrected chi connectivity index (χ4v) is 2.01. The second-order valence-corrected chi connectivity index (χ2v) is 5.84. The maximum absolute atomic E-state index is 10.5. The van der Waals surface area contributed by atoms with Crippen LogP contribution in [0.1, 0.15) is 79.1 Å². The number of ether oxygens (including phenoxy) is 1. The van der Waals surface area contributed by atoms with Gasteiger partial charge in [-0.1, -0.05) is 36.1 Å². The second kappa shape index (κ2) is 13.7. The van der Waals surface area contributed by atoms with Crippen LogP contribution in [0.2, 0.25) is 0 Å². The molecule has 0 bridgehead atoms. The first-order valence-electron chi connectivity index (χ1n) is 8.13. The molecule has 0 N–H and O–H groups in total. The van der Waals surface area contributed by atoms with Crippen molar-refractivity contribution in [3.63, 3.8) is 0 Å². The Morgan fingerprint density at radius 1 is 0.857 bits per heavy atom. The summed E-state index contributed by atoms with van der Waals surface area (Å²) in [6, 6.07) is 0. The minimum absolute atomic E-state index is 0.252. The molecule has 0 heterocycles. The Morgan fingerprint density at radius 2 is 1.52 bits per heavy atom. The summed E-state index contributed by atoms with van der Waals surface area (Å²) in [5, 5.41) is 0. The maximum atomic E-state index is 10.5. The molecular weight excluding hydrogens is 260 g/mol. The molecule has 2 heteroatoms. The summed E-state index contributed by atoms with van der Waals surface area (Å²) in [6.07, 6.45) is 17.6. The molecule has 0 spiro atoms. The van der Waals surface area contributed by atoms with E-state index in [0.29, 0.717) is 0 Å². The van der Waals surface area contributed by atoms with E-state index in [9.17, 15) is 4.79 Å². The van der Waals surface area contributed by atoms with E-state index in [1.807, 2.05) is 6.08 Å². The fraction of sp³-hybridized carbons (Fsp3) is 0.632. The normalized spacial score (nSPS) is 11.7. The second-order valence-electron chi connectivity index (χ2n) is 5.84. The Bertz CT molecular complexity index is 358. The van der Waals surface area contributed by atoms with Gasteiger partial charge in [0.05, 0.1) is 6.26 Å². The molecular formula is C19H32O2. The van der Waals surface area contributed by atoms with E-state index in [1.54, 1.807) is 0 Å². The van der Waals surface area contributed by atoms with Gasteiger partial charge < -0.3 is 4.74 Å². The van der Waals surface area contributed by atoms with Crippen LogP contribution in [-0.2, 0) is 9.53 Å². The molecule has 0 aliphatic carbocycles. The first kappa shape index (κ1) is 19.7.